The Morgan fingerprint density at radius 2 is 1.95 bits per heavy atom. The maximum atomic E-state index is 12.2. The number of carbonyl (C=O) groups excluding carboxylic acids is 1. The van der Waals surface area contributed by atoms with E-state index in [9.17, 15) is 9.70 Å². The van der Waals surface area contributed by atoms with E-state index in [2.05, 4.69) is 5.18 Å². The molecule has 2 atom stereocenters. The largest absolute Gasteiger partial charge is 0.493 e. The van der Waals surface area contributed by atoms with Crippen molar-refractivity contribution >= 4 is 11.8 Å². The second-order valence-corrected chi connectivity index (χ2v) is 5.04. The van der Waals surface area contributed by atoms with Crippen molar-refractivity contribution in [2.75, 3.05) is 25.7 Å². The molecule has 0 N–H and O–H groups in total. The number of rotatable bonds is 4. The number of nitroso groups, excluding NO2 is 1. The molecule has 0 aliphatic carbocycles. The van der Waals surface area contributed by atoms with Crippen molar-refractivity contribution in [3.05, 3.63) is 22.6 Å². The molecule has 1 aliphatic heterocycles. The first-order valence-electron chi connectivity index (χ1n) is 7.11. The van der Waals surface area contributed by atoms with Gasteiger partial charge < -0.3 is 14.2 Å². The van der Waals surface area contributed by atoms with Crippen LogP contribution in [0, 0.1) is 4.91 Å². The standard InChI is InChI=1S/C15H20N2O5/c1-5-22-15(18)17-9(2)6-11(16-19)10-7-13(20-3)14(21-4)8-12(10)17/h7-9,11H,5-6H2,1-4H3. The number of ether oxygens (including phenoxy) is 3. The van der Waals surface area contributed by atoms with Crippen LogP contribution in [0.5, 0.6) is 11.5 Å². The van der Waals surface area contributed by atoms with Crippen LogP contribution in [0.15, 0.2) is 17.3 Å². The zero-order valence-corrected chi connectivity index (χ0v) is 13.2. The lowest BCUT2D eigenvalue weighted by Crippen LogP contribution is -2.43. The summed E-state index contributed by atoms with van der Waals surface area (Å²) in [6.07, 6.45) is -0.0158. The maximum Gasteiger partial charge on any atom is 0.414 e. The summed E-state index contributed by atoms with van der Waals surface area (Å²) in [5, 5.41) is 3.18. The lowest BCUT2D eigenvalue weighted by molar-refractivity contribution is 0.156. The fourth-order valence-corrected chi connectivity index (χ4v) is 2.72. The van der Waals surface area contributed by atoms with E-state index in [1.165, 1.54) is 19.1 Å². The van der Waals surface area contributed by atoms with E-state index in [0.29, 0.717) is 29.2 Å². The number of benzene rings is 1. The molecule has 1 aromatic carbocycles. The number of amides is 1. The molecule has 2 unspecified atom stereocenters. The zero-order valence-electron chi connectivity index (χ0n) is 13.2. The summed E-state index contributed by atoms with van der Waals surface area (Å²) >= 11 is 0. The van der Waals surface area contributed by atoms with Gasteiger partial charge in [-0.15, -0.1) is 0 Å². The van der Waals surface area contributed by atoms with Gasteiger partial charge in [-0.1, -0.05) is 5.18 Å². The van der Waals surface area contributed by atoms with Crippen LogP contribution in [0.4, 0.5) is 10.5 Å². The average molecular weight is 308 g/mol. The fraction of sp³-hybridized carbons (Fsp3) is 0.533. The Labute approximate surface area is 129 Å². The number of methoxy groups -OCH3 is 2. The molecule has 0 saturated heterocycles. The van der Waals surface area contributed by atoms with Crippen LogP contribution in [0.1, 0.15) is 31.9 Å². The van der Waals surface area contributed by atoms with Gasteiger partial charge >= 0.3 is 6.09 Å². The van der Waals surface area contributed by atoms with Crippen LogP contribution in [-0.4, -0.2) is 33.0 Å². The molecule has 7 heteroatoms. The van der Waals surface area contributed by atoms with Gasteiger partial charge in [0, 0.05) is 17.7 Å². The molecule has 1 aromatic rings. The van der Waals surface area contributed by atoms with Gasteiger partial charge in [-0.2, -0.15) is 4.91 Å². The van der Waals surface area contributed by atoms with Crippen LogP contribution in [0.25, 0.3) is 0 Å². The third-order valence-electron chi connectivity index (χ3n) is 3.75. The van der Waals surface area contributed by atoms with Crippen LogP contribution in [-0.2, 0) is 4.74 Å². The van der Waals surface area contributed by atoms with Crippen LogP contribution >= 0.6 is 0 Å². The van der Waals surface area contributed by atoms with Gasteiger partial charge in [0.1, 0.15) is 6.04 Å². The SMILES string of the molecule is CCOC(=O)N1c2cc(OC)c(OC)cc2C(N=O)CC1C. The first-order valence-corrected chi connectivity index (χ1v) is 7.11. The minimum Gasteiger partial charge on any atom is -0.493 e. The van der Waals surface area contributed by atoms with E-state index in [1.54, 1.807) is 19.1 Å². The molecule has 0 aromatic heterocycles. The minimum atomic E-state index is -0.532. The quantitative estimate of drug-likeness (QED) is 0.798. The molecule has 1 amide bonds. The van der Waals surface area contributed by atoms with Crippen molar-refractivity contribution < 1.29 is 19.0 Å². The third kappa shape index (κ3) is 2.70. The summed E-state index contributed by atoms with van der Waals surface area (Å²) in [4.78, 5) is 24.9. The Hall–Kier alpha value is -2.31. The number of anilines is 1. The number of carbonyl (C=O) groups is 1. The van der Waals surface area contributed by atoms with E-state index in [0.717, 1.165) is 0 Å². The van der Waals surface area contributed by atoms with Crippen LogP contribution in [0.3, 0.4) is 0 Å². The third-order valence-corrected chi connectivity index (χ3v) is 3.75. The van der Waals surface area contributed by atoms with Crippen molar-refractivity contribution in [3.8, 4) is 11.5 Å². The van der Waals surface area contributed by atoms with Crippen molar-refractivity contribution in [1.29, 1.82) is 0 Å². The lowest BCUT2D eigenvalue weighted by atomic mass is 9.92. The maximum absolute atomic E-state index is 12.2. The highest BCUT2D eigenvalue weighted by atomic mass is 16.6. The van der Waals surface area contributed by atoms with Crippen molar-refractivity contribution in [3.63, 3.8) is 0 Å². The molecule has 0 fully saturated rings. The molecule has 7 nitrogen and oxygen atoms in total. The van der Waals surface area contributed by atoms with Crippen molar-refractivity contribution in [2.24, 2.45) is 5.18 Å². The molecular weight excluding hydrogens is 288 g/mol. The van der Waals surface area contributed by atoms with E-state index >= 15 is 0 Å². The predicted octanol–water partition coefficient (Wildman–Crippen LogP) is 3.27. The Bertz CT molecular complexity index is 575. The summed E-state index contributed by atoms with van der Waals surface area (Å²) in [5.41, 5.74) is 1.21. The van der Waals surface area contributed by atoms with Gasteiger partial charge in [0.2, 0.25) is 0 Å². The summed E-state index contributed by atoms with van der Waals surface area (Å²) in [6.45, 7) is 3.88. The second-order valence-electron chi connectivity index (χ2n) is 5.04. The summed E-state index contributed by atoms with van der Waals surface area (Å²) in [6, 6.07) is 2.64. The molecule has 22 heavy (non-hydrogen) atoms. The van der Waals surface area contributed by atoms with Crippen LogP contribution < -0.4 is 14.4 Å². The van der Waals surface area contributed by atoms with Gasteiger partial charge in [-0.05, 0) is 26.3 Å². The van der Waals surface area contributed by atoms with E-state index < -0.39 is 12.1 Å². The Balaban J connectivity index is 2.58. The number of fused-ring (bicyclic) bond motifs is 1. The second kappa shape index (κ2) is 6.64. The van der Waals surface area contributed by atoms with Gasteiger partial charge in [0.25, 0.3) is 0 Å². The molecule has 2 rings (SSSR count). The molecular formula is C15H20N2O5. The molecule has 1 aliphatic rings. The van der Waals surface area contributed by atoms with Crippen molar-refractivity contribution in [2.45, 2.75) is 32.4 Å². The van der Waals surface area contributed by atoms with Gasteiger partial charge in [-0.25, -0.2) is 4.79 Å². The lowest BCUT2D eigenvalue weighted by Gasteiger charge is -2.36. The van der Waals surface area contributed by atoms with E-state index in [1.807, 2.05) is 6.92 Å². The summed E-state index contributed by atoms with van der Waals surface area (Å²) in [7, 11) is 3.03. The fourth-order valence-electron chi connectivity index (χ4n) is 2.72. The Morgan fingerprint density at radius 1 is 1.32 bits per heavy atom. The number of nitrogens with zero attached hydrogens (tertiary/aromatic N) is 2. The topological polar surface area (TPSA) is 77.4 Å². The average Bonchev–Trinajstić information content (AvgIpc) is 2.52. The highest BCUT2D eigenvalue weighted by Crippen LogP contribution is 2.45. The highest BCUT2D eigenvalue weighted by molar-refractivity contribution is 5.91. The van der Waals surface area contributed by atoms with Crippen molar-refractivity contribution in [1.82, 2.24) is 0 Å². The minimum absolute atomic E-state index is 0.202. The van der Waals surface area contributed by atoms with Gasteiger partial charge in [0.05, 0.1) is 26.5 Å². The van der Waals surface area contributed by atoms with Gasteiger partial charge in [0.15, 0.2) is 11.5 Å². The molecule has 0 radical (unpaired) electrons. The highest BCUT2D eigenvalue weighted by Gasteiger charge is 2.36. The van der Waals surface area contributed by atoms with Gasteiger partial charge in [-0.3, -0.25) is 4.90 Å². The van der Waals surface area contributed by atoms with E-state index in [4.69, 9.17) is 14.2 Å². The summed E-state index contributed by atoms with van der Waals surface area (Å²) in [5.74, 6) is 0.975. The smallest absolute Gasteiger partial charge is 0.414 e. The Morgan fingerprint density at radius 3 is 2.50 bits per heavy atom. The molecule has 0 bridgehead atoms. The molecule has 120 valence electrons. The van der Waals surface area contributed by atoms with E-state index in [-0.39, 0.29) is 12.6 Å². The monoisotopic (exact) mass is 308 g/mol. The first-order chi connectivity index (χ1) is 10.6. The zero-order chi connectivity index (χ0) is 16.3. The Kier molecular flexibility index (Phi) is 4.85. The summed E-state index contributed by atoms with van der Waals surface area (Å²) < 4.78 is 15.7. The van der Waals surface area contributed by atoms with Crippen LogP contribution in [0.2, 0.25) is 0 Å². The predicted molar refractivity (Wildman–Crippen MR) is 81.7 cm³/mol. The normalized spacial score (nSPS) is 20.1. The molecule has 0 spiro atoms. The first kappa shape index (κ1) is 16.1. The molecule has 0 saturated carbocycles. The number of hydrogen-bond acceptors (Lipinski definition) is 6. The number of hydrogen-bond donors (Lipinski definition) is 0. The molecule has 1 heterocycles.